The van der Waals surface area contributed by atoms with Crippen molar-refractivity contribution in [2.75, 3.05) is 6.61 Å². The molecule has 0 aliphatic carbocycles. The largest absolute Gasteiger partial charge is 0.463 e. The third-order valence-electron chi connectivity index (χ3n) is 4.62. The average Bonchev–Trinajstić information content (AvgIpc) is 2.71. The standard InChI is InChI=1S/C22H22N2O4/c1-3-28-22(27)17-14(2)23-21(26)19(18(17)15-10-6-4-7-11-15)24-20(25)16-12-8-5-9-13-16/h4-13,18-19H,3H2,1-2H3,(H,23,26)(H,24,25). The van der Waals surface area contributed by atoms with Crippen LogP contribution in [-0.2, 0) is 14.3 Å². The highest BCUT2D eigenvalue weighted by Crippen LogP contribution is 2.34. The zero-order chi connectivity index (χ0) is 20.1. The lowest BCUT2D eigenvalue weighted by atomic mass is 9.80. The molecule has 1 aliphatic heterocycles. The second-order valence-corrected chi connectivity index (χ2v) is 6.45. The van der Waals surface area contributed by atoms with Gasteiger partial charge in [0, 0.05) is 17.2 Å². The van der Waals surface area contributed by atoms with Crippen molar-refractivity contribution < 1.29 is 19.1 Å². The first-order valence-electron chi connectivity index (χ1n) is 9.12. The van der Waals surface area contributed by atoms with Crippen LogP contribution in [0.3, 0.4) is 0 Å². The second-order valence-electron chi connectivity index (χ2n) is 6.45. The van der Waals surface area contributed by atoms with E-state index < -0.39 is 17.9 Å². The molecule has 2 aromatic carbocycles. The molecule has 1 heterocycles. The maximum absolute atomic E-state index is 12.8. The van der Waals surface area contributed by atoms with Crippen LogP contribution in [0.15, 0.2) is 71.9 Å². The average molecular weight is 378 g/mol. The normalized spacial score (nSPS) is 19.0. The number of allylic oxidation sites excluding steroid dienone is 1. The molecule has 2 unspecified atom stereocenters. The number of nitrogens with one attached hydrogen (secondary N) is 2. The maximum Gasteiger partial charge on any atom is 0.336 e. The highest BCUT2D eigenvalue weighted by atomic mass is 16.5. The molecule has 2 aromatic rings. The van der Waals surface area contributed by atoms with Crippen LogP contribution >= 0.6 is 0 Å². The molecule has 0 radical (unpaired) electrons. The van der Waals surface area contributed by atoms with E-state index in [2.05, 4.69) is 10.6 Å². The first kappa shape index (κ1) is 19.4. The fourth-order valence-corrected chi connectivity index (χ4v) is 3.35. The van der Waals surface area contributed by atoms with Gasteiger partial charge in [-0.3, -0.25) is 9.59 Å². The van der Waals surface area contributed by atoms with Gasteiger partial charge in [-0.2, -0.15) is 0 Å². The SMILES string of the molecule is CCOC(=O)C1=C(C)NC(=O)C(NC(=O)c2ccccc2)C1c1ccccc1. The molecule has 1 aliphatic rings. The van der Waals surface area contributed by atoms with Gasteiger partial charge in [-0.25, -0.2) is 4.79 Å². The Kier molecular flexibility index (Phi) is 5.89. The number of carbonyl (C=O) groups is 3. The summed E-state index contributed by atoms with van der Waals surface area (Å²) in [6, 6.07) is 16.9. The third-order valence-corrected chi connectivity index (χ3v) is 4.62. The molecule has 2 atom stereocenters. The number of hydrogen-bond acceptors (Lipinski definition) is 4. The molecule has 0 bridgehead atoms. The van der Waals surface area contributed by atoms with Crippen molar-refractivity contribution in [3.05, 3.63) is 83.1 Å². The predicted molar refractivity (Wildman–Crippen MR) is 104 cm³/mol. The van der Waals surface area contributed by atoms with E-state index in [4.69, 9.17) is 4.74 Å². The summed E-state index contributed by atoms with van der Waals surface area (Å²) >= 11 is 0. The molecule has 0 aromatic heterocycles. The highest BCUT2D eigenvalue weighted by molar-refractivity contribution is 6.02. The predicted octanol–water partition coefficient (Wildman–Crippen LogP) is 2.54. The molecule has 6 nitrogen and oxygen atoms in total. The van der Waals surface area contributed by atoms with Gasteiger partial charge in [0.2, 0.25) is 5.91 Å². The minimum atomic E-state index is -0.946. The van der Waals surface area contributed by atoms with Crippen molar-refractivity contribution in [1.82, 2.24) is 10.6 Å². The van der Waals surface area contributed by atoms with E-state index in [-0.39, 0.29) is 18.4 Å². The van der Waals surface area contributed by atoms with Gasteiger partial charge in [-0.05, 0) is 31.5 Å². The van der Waals surface area contributed by atoms with E-state index in [0.29, 0.717) is 16.8 Å². The van der Waals surface area contributed by atoms with Crippen LogP contribution < -0.4 is 10.6 Å². The summed E-state index contributed by atoms with van der Waals surface area (Å²) in [5.41, 5.74) is 1.96. The van der Waals surface area contributed by atoms with Crippen molar-refractivity contribution in [2.24, 2.45) is 0 Å². The lowest BCUT2D eigenvalue weighted by molar-refractivity contribution is -0.139. The number of esters is 1. The van der Waals surface area contributed by atoms with Gasteiger partial charge < -0.3 is 15.4 Å². The minimum absolute atomic E-state index is 0.214. The summed E-state index contributed by atoms with van der Waals surface area (Å²) in [7, 11) is 0. The summed E-state index contributed by atoms with van der Waals surface area (Å²) < 4.78 is 5.22. The van der Waals surface area contributed by atoms with Crippen molar-refractivity contribution in [1.29, 1.82) is 0 Å². The first-order chi connectivity index (χ1) is 13.5. The Hall–Kier alpha value is -3.41. The summed E-state index contributed by atoms with van der Waals surface area (Å²) in [6.07, 6.45) is 0. The number of amides is 2. The van der Waals surface area contributed by atoms with E-state index >= 15 is 0 Å². The zero-order valence-corrected chi connectivity index (χ0v) is 15.8. The van der Waals surface area contributed by atoms with Crippen LogP contribution in [0.5, 0.6) is 0 Å². The van der Waals surface area contributed by atoms with Crippen molar-refractivity contribution in [2.45, 2.75) is 25.8 Å². The Bertz CT molecular complexity index is 907. The van der Waals surface area contributed by atoms with Crippen LogP contribution in [-0.4, -0.2) is 30.4 Å². The number of benzene rings is 2. The van der Waals surface area contributed by atoms with E-state index in [1.54, 1.807) is 38.1 Å². The van der Waals surface area contributed by atoms with Crippen LogP contribution in [0.25, 0.3) is 0 Å². The van der Waals surface area contributed by atoms with Crippen molar-refractivity contribution >= 4 is 17.8 Å². The molecule has 0 fully saturated rings. The smallest absolute Gasteiger partial charge is 0.336 e. The monoisotopic (exact) mass is 378 g/mol. The van der Waals surface area contributed by atoms with Gasteiger partial charge in [0.1, 0.15) is 6.04 Å². The molecular formula is C22H22N2O4. The second kappa shape index (κ2) is 8.52. The van der Waals surface area contributed by atoms with Gasteiger partial charge in [0.15, 0.2) is 0 Å². The topological polar surface area (TPSA) is 84.5 Å². The molecule has 2 N–H and O–H groups in total. The molecular weight excluding hydrogens is 356 g/mol. The van der Waals surface area contributed by atoms with E-state index in [0.717, 1.165) is 5.56 Å². The summed E-state index contributed by atoms with van der Waals surface area (Å²) in [4.78, 5) is 38.1. The summed E-state index contributed by atoms with van der Waals surface area (Å²) in [5, 5.41) is 5.49. The number of ether oxygens (including phenoxy) is 1. The van der Waals surface area contributed by atoms with E-state index in [1.807, 2.05) is 36.4 Å². The quantitative estimate of drug-likeness (QED) is 0.783. The number of hydrogen-bond donors (Lipinski definition) is 2. The van der Waals surface area contributed by atoms with Crippen LogP contribution in [0, 0.1) is 0 Å². The van der Waals surface area contributed by atoms with Gasteiger partial charge in [-0.1, -0.05) is 48.5 Å². The lowest BCUT2D eigenvalue weighted by Crippen LogP contribution is -2.54. The molecule has 6 heteroatoms. The van der Waals surface area contributed by atoms with E-state index in [9.17, 15) is 14.4 Å². The minimum Gasteiger partial charge on any atom is -0.463 e. The molecule has 144 valence electrons. The summed E-state index contributed by atoms with van der Waals surface area (Å²) in [5.74, 6) is -1.91. The first-order valence-corrected chi connectivity index (χ1v) is 9.12. The fraction of sp³-hybridized carbons (Fsp3) is 0.227. The van der Waals surface area contributed by atoms with Crippen molar-refractivity contribution in [3.8, 4) is 0 Å². The van der Waals surface area contributed by atoms with Gasteiger partial charge in [-0.15, -0.1) is 0 Å². The Labute approximate surface area is 163 Å². The number of rotatable bonds is 5. The molecule has 0 saturated heterocycles. The fourth-order valence-electron chi connectivity index (χ4n) is 3.35. The van der Waals surface area contributed by atoms with E-state index in [1.165, 1.54) is 0 Å². The maximum atomic E-state index is 12.8. The summed E-state index contributed by atoms with van der Waals surface area (Å²) in [6.45, 7) is 3.60. The lowest BCUT2D eigenvalue weighted by Gasteiger charge is -2.34. The Morgan fingerprint density at radius 3 is 2.25 bits per heavy atom. The van der Waals surface area contributed by atoms with Gasteiger partial charge in [0.25, 0.3) is 5.91 Å². The molecule has 0 spiro atoms. The van der Waals surface area contributed by atoms with Crippen LogP contribution in [0.1, 0.15) is 35.7 Å². The zero-order valence-electron chi connectivity index (χ0n) is 15.8. The Morgan fingerprint density at radius 2 is 1.64 bits per heavy atom. The molecule has 2 amide bonds. The van der Waals surface area contributed by atoms with Crippen LogP contribution in [0.4, 0.5) is 0 Å². The van der Waals surface area contributed by atoms with Gasteiger partial charge in [0.05, 0.1) is 12.2 Å². The number of carbonyl (C=O) groups excluding carboxylic acids is 3. The molecule has 28 heavy (non-hydrogen) atoms. The third kappa shape index (κ3) is 3.96. The molecule has 0 saturated carbocycles. The Balaban J connectivity index is 2.02. The van der Waals surface area contributed by atoms with Crippen molar-refractivity contribution in [3.63, 3.8) is 0 Å². The highest BCUT2D eigenvalue weighted by Gasteiger charge is 2.41. The van der Waals surface area contributed by atoms with Crippen LogP contribution in [0.2, 0.25) is 0 Å². The Morgan fingerprint density at radius 1 is 1.04 bits per heavy atom. The van der Waals surface area contributed by atoms with Gasteiger partial charge >= 0.3 is 5.97 Å². The molecule has 3 rings (SSSR count).